The van der Waals surface area contributed by atoms with Gasteiger partial charge < -0.3 is 15.5 Å². The maximum absolute atomic E-state index is 11.9. The summed E-state index contributed by atoms with van der Waals surface area (Å²) >= 11 is 0. The van der Waals surface area contributed by atoms with Crippen molar-refractivity contribution < 1.29 is 4.79 Å². The first-order chi connectivity index (χ1) is 9.72. The molecule has 0 atom stereocenters. The van der Waals surface area contributed by atoms with Crippen LogP contribution in [0.4, 0.5) is 21.9 Å². The molecule has 1 aromatic heterocycles. The zero-order valence-electron chi connectivity index (χ0n) is 12.1. The molecule has 1 aliphatic rings. The Morgan fingerprint density at radius 2 is 1.95 bits per heavy atom. The van der Waals surface area contributed by atoms with E-state index in [1.165, 1.54) is 11.3 Å². The van der Waals surface area contributed by atoms with Crippen molar-refractivity contribution in [2.24, 2.45) is 0 Å². The van der Waals surface area contributed by atoms with E-state index in [1.54, 1.807) is 24.5 Å². The first-order valence-corrected chi connectivity index (χ1v) is 6.54. The van der Waals surface area contributed by atoms with Crippen molar-refractivity contribution in [1.29, 1.82) is 0 Å². The van der Waals surface area contributed by atoms with Gasteiger partial charge in [-0.3, -0.25) is 4.98 Å². The van der Waals surface area contributed by atoms with E-state index in [-0.39, 0.29) is 30.8 Å². The molecule has 0 radical (unpaired) electrons. The Labute approximate surface area is 141 Å². The van der Waals surface area contributed by atoms with Gasteiger partial charge in [0.15, 0.2) is 0 Å². The summed E-state index contributed by atoms with van der Waals surface area (Å²) < 4.78 is 0. The van der Waals surface area contributed by atoms with Crippen LogP contribution in [0.5, 0.6) is 0 Å². The number of benzene rings is 1. The molecule has 2 N–H and O–H groups in total. The fourth-order valence-corrected chi connectivity index (χ4v) is 2.37. The van der Waals surface area contributed by atoms with Crippen molar-refractivity contribution >= 4 is 47.9 Å². The molecule has 1 aliphatic heterocycles. The van der Waals surface area contributed by atoms with Crippen LogP contribution in [0, 0.1) is 0 Å². The van der Waals surface area contributed by atoms with Gasteiger partial charge in [0.05, 0.1) is 11.9 Å². The third kappa shape index (κ3) is 4.02. The van der Waals surface area contributed by atoms with Gasteiger partial charge in [-0.2, -0.15) is 0 Å². The summed E-state index contributed by atoms with van der Waals surface area (Å²) in [5.74, 6) is 0. The van der Waals surface area contributed by atoms with Gasteiger partial charge in [-0.1, -0.05) is 0 Å². The van der Waals surface area contributed by atoms with Crippen molar-refractivity contribution in [3.05, 3.63) is 48.3 Å². The number of fused-ring (bicyclic) bond motifs is 1. The van der Waals surface area contributed by atoms with Gasteiger partial charge in [-0.25, -0.2) is 4.79 Å². The Kier molecular flexibility index (Phi) is 6.46. The molecule has 0 unspecified atom stereocenters. The summed E-state index contributed by atoms with van der Waals surface area (Å²) in [6, 6.07) is 9.31. The number of urea groups is 1. The first-order valence-electron chi connectivity index (χ1n) is 6.54. The van der Waals surface area contributed by atoms with Crippen LogP contribution in [0.3, 0.4) is 0 Å². The number of hydrogen-bond donors (Lipinski definition) is 2. The predicted molar refractivity (Wildman–Crippen MR) is 94.8 cm³/mol. The van der Waals surface area contributed by atoms with Crippen molar-refractivity contribution in [2.45, 2.75) is 6.42 Å². The van der Waals surface area contributed by atoms with E-state index in [1.807, 2.05) is 18.2 Å². The largest absolute Gasteiger partial charge is 0.374 e. The molecule has 0 fully saturated rings. The SMILES string of the molecule is CN1CCc2cc(NC(=O)Nc3cccnc3)ccc21.Cl.Cl. The average molecular weight is 341 g/mol. The highest BCUT2D eigenvalue weighted by Crippen LogP contribution is 2.29. The van der Waals surface area contributed by atoms with Crippen LogP contribution in [0.1, 0.15) is 5.56 Å². The van der Waals surface area contributed by atoms with E-state index in [0.717, 1.165) is 18.7 Å². The Morgan fingerprint density at radius 3 is 2.68 bits per heavy atom. The molecule has 3 rings (SSSR count). The fourth-order valence-electron chi connectivity index (χ4n) is 2.37. The van der Waals surface area contributed by atoms with Crippen molar-refractivity contribution in [2.75, 3.05) is 29.1 Å². The van der Waals surface area contributed by atoms with Crippen molar-refractivity contribution in [3.63, 3.8) is 0 Å². The second-order valence-electron chi connectivity index (χ2n) is 4.84. The molecule has 2 heterocycles. The van der Waals surface area contributed by atoms with E-state index >= 15 is 0 Å². The Balaban J connectivity index is 0.00000121. The maximum atomic E-state index is 11.9. The molecule has 0 bridgehead atoms. The topological polar surface area (TPSA) is 57.3 Å². The molecule has 118 valence electrons. The number of anilines is 3. The number of nitrogens with one attached hydrogen (secondary N) is 2. The van der Waals surface area contributed by atoms with Crippen LogP contribution in [0.15, 0.2) is 42.7 Å². The monoisotopic (exact) mass is 340 g/mol. The van der Waals surface area contributed by atoms with E-state index in [9.17, 15) is 4.79 Å². The minimum Gasteiger partial charge on any atom is -0.374 e. The van der Waals surface area contributed by atoms with Gasteiger partial charge in [0.1, 0.15) is 0 Å². The van der Waals surface area contributed by atoms with Crippen LogP contribution in [0.2, 0.25) is 0 Å². The van der Waals surface area contributed by atoms with Gasteiger partial charge >= 0.3 is 6.03 Å². The van der Waals surface area contributed by atoms with Crippen LogP contribution in [-0.4, -0.2) is 24.6 Å². The normalized spacial score (nSPS) is 11.8. The van der Waals surface area contributed by atoms with Crippen LogP contribution in [0.25, 0.3) is 0 Å². The zero-order valence-corrected chi connectivity index (χ0v) is 13.7. The number of hydrogen-bond acceptors (Lipinski definition) is 3. The van der Waals surface area contributed by atoms with Crippen molar-refractivity contribution in [3.8, 4) is 0 Å². The Hall–Kier alpha value is -1.98. The number of rotatable bonds is 2. The minimum absolute atomic E-state index is 0. The highest BCUT2D eigenvalue weighted by molar-refractivity contribution is 5.99. The van der Waals surface area contributed by atoms with Gasteiger partial charge in [-0.05, 0) is 42.3 Å². The van der Waals surface area contributed by atoms with E-state index in [4.69, 9.17) is 0 Å². The lowest BCUT2D eigenvalue weighted by molar-refractivity contribution is 0.262. The third-order valence-corrected chi connectivity index (χ3v) is 3.38. The lowest BCUT2D eigenvalue weighted by Gasteiger charge is -2.12. The smallest absolute Gasteiger partial charge is 0.323 e. The number of amides is 2. The van der Waals surface area contributed by atoms with Crippen LogP contribution < -0.4 is 15.5 Å². The molecule has 0 aliphatic carbocycles. The lowest BCUT2D eigenvalue weighted by Crippen LogP contribution is -2.19. The summed E-state index contributed by atoms with van der Waals surface area (Å²) in [5.41, 5.74) is 3.99. The average Bonchev–Trinajstić information content (AvgIpc) is 2.81. The standard InChI is InChI=1S/C15H16N4O.2ClH/c1-19-8-6-11-9-12(4-5-14(11)19)17-15(20)18-13-3-2-7-16-10-13;;/h2-5,7,9-10H,6,8H2,1H3,(H2,17,18,20);2*1H. The van der Waals surface area contributed by atoms with Gasteiger partial charge in [-0.15, -0.1) is 24.8 Å². The molecular weight excluding hydrogens is 323 g/mol. The van der Waals surface area contributed by atoms with Crippen LogP contribution >= 0.6 is 24.8 Å². The summed E-state index contributed by atoms with van der Waals surface area (Å²) in [6.45, 7) is 1.03. The number of likely N-dealkylation sites (N-methyl/N-ethyl adjacent to an activating group) is 1. The van der Waals surface area contributed by atoms with Gasteiger partial charge in [0, 0.05) is 31.2 Å². The number of aromatic nitrogens is 1. The predicted octanol–water partition coefficient (Wildman–Crippen LogP) is 3.56. The fraction of sp³-hybridized carbons (Fsp3) is 0.200. The molecular formula is C15H18Cl2N4O. The van der Waals surface area contributed by atoms with E-state index in [2.05, 4.69) is 27.6 Å². The molecule has 22 heavy (non-hydrogen) atoms. The third-order valence-electron chi connectivity index (χ3n) is 3.38. The molecule has 0 saturated carbocycles. The molecule has 2 aromatic rings. The molecule has 0 spiro atoms. The molecule has 0 saturated heterocycles. The molecule has 5 nitrogen and oxygen atoms in total. The maximum Gasteiger partial charge on any atom is 0.323 e. The highest BCUT2D eigenvalue weighted by atomic mass is 35.5. The summed E-state index contributed by atoms with van der Waals surface area (Å²) in [6.07, 6.45) is 4.29. The number of pyridine rings is 1. The second-order valence-corrected chi connectivity index (χ2v) is 4.84. The molecule has 1 aromatic carbocycles. The van der Waals surface area contributed by atoms with E-state index in [0.29, 0.717) is 5.69 Å². The number of carbonyl (C=O) groups is 1. The number of nitrogens with zero attached hydrogens (tertiary/aromatic N) is 2. The summed E-state index contributed by atoms with van der Waals surface area (Å²) in [5, 5.41) is 5.58. The van der Waals surface area contributed by atoms with Gasteiger partial charge in [0.25, 0.3) is 0 Å². The molecule has 2 amide bonds. The van der Waals surface area contributed by atoms with Gasteiger partial charge in [0.2, 0.25) is 0 Å². The molecule has 7 heteroatoms. The number of carbonyl (C=O) groups excluding carboxylic acids is 1. The van der Waals surface area contributed by atoms with Crippen molar-refractivity contribution in [1.82, 2.24) is 4.98 Å². The highest BCUT2D eigenvalue weighted by Gasteiger charge is 2.16. The first kappa shape index (κ1) is 18.1. The van der Waals surface area contributed by atoms with Crippen LogP contribution in [-0.2, 0) is 6.42 Å². The summed E-state index contributed by atoms with van der Waals surface area (Å²) in [4.78, 5) is 18.1. The quantitative estimate of drug-likeness (QED) is 0.878. The Bertz CT molecular complexity index is 637. The summed E-state index contributed by atoms with van der Waals surface area (Å²) in [7, 11) is 2.08. The minimum atomic E-state index is -0.260. The van der Waals surface area contributed by atoms with E-state index < -0.39 is 0 Å². The Morgan fingerprint density at radius 1 is 1.18 bits per heavy atom. The second kappa shape index (κ2) is 7.87. The zero-order chi connectivity index (χ0) is 13.9. The lowest BCUT2D eigenvalue weighted by atomic mass is 10.1. The number of halogens is 2.